The highest BCUT2D eigenvalue weighted by Crippen LogP contribution is 2.77. The summed E-state index contributed by atoms with van der Waals surface area (Å²) in [5.41, 5.74) is 3.33. The van der Waals surface area contributed by atoms with Crippen molar-refractivity contribution in [2.45, 2.75) is 71.6 Å². The first-order valence-electron chi connectivity index (χ1n) is 9.87. The van der Waals surface area contributed by atoms with Gasteiger partial charge in [-0.25, -0.2) is 0 Å². The van der Waals surface area contributed by atoms with Crippen molar-refractivity contribution in [3.8, 4) is 0 Å². The van der Waals surface area contributed by atoms with Crippen LogP contribution in [-0.2, 0) is 9.59 Å². The minimum absolute atomic E-state index is 0.134. The van der Waals surface area contributed by atoms with E-state index in [1.807, 2.05) is 6.92 Å². The monoisotopic (exact) mass is 324 g/mol. The first kappa shape index (κ1) is 15.1. The van der Waals surface area contributed by atoms with Gasteiger partial charge in [-0.2, -0.15) is 0 Å². The zero-order valence-electron chi connectivity index (χ0n) is 15.0. The lowest BCUT2D eigenvalue weighted by Crippen LogP contribution is -2.52. The van der Waals surface area contributed by atoms with Crippen molar-refractivity contribution in [1.82, 2.24) is 0 Å². The Hall–Kier alpha value is -1.18. The Morgan fingerprint density at radius 2 is 1.92 bits per heavy atom. The SMILES string of the molecule is CC(=O)[C@@]12C=CC3(CC1)[C@@H]1CCC4=C(CCC(=O)C4)[C@H]1CC[C@@]32C. The van der Waals surface area contributed by atoms with Gasteiger partial charge >= 0.3 is 0 Å². The smallest absolute Gasteiger partial charge is 0.140 e. The van der Waals surface area contributed by atoms with Gasteiger partial charge in [-0.15, -0.1) is 0 Å². The van der Waals surface area contributed by atoms with Gasteiger partial charge in [0.05, 0.1) is 5.41 Å². The van der Waals surface area contributed by atoms with Crippen LogP contribution in [0, 0.1) is 28.1 Å². The molecule has 5 rings (SSSR count). The summed E-state index contributed by atoms with van der Waals surface area (Å²) in [7, 11) is 0. The Bertz CT molecular complexity index is 713. The van der Waals surface area contributed by atoms with Gasteiger partial charge in [0, 0.05) is 12.8 Å². The molecule has 2 heteroatoms. The van der Waals surface area contributed by atoms with Crippen LogP contribution in [0.1, 0.15) is 71.6 Å². The Balaban J connectivity index is 1.59. The molecule has 2 fully saturated rings. The first-order valence-corrected chi connectivity index (χ1v) is 9.87. The number of ketones is 2. The quantitative estimate of drug-likeness (QED) is 0.650. The fraction of sp³-hybridized carbons (Fsp3) is 0.727. The average molecular weight is 324 g/mol. The van der Waals surface area contributed by atoms with Gasteiger partial charge in [-0.1, -0.05) is 30.2 Å². The van der Waals surface area contributed by atoms with Gasteiger partial charge < -0.3 is 0 Å². The molecule has 2 nitrogen and oxygen atoms in total. The standard InChI is InChI=1S/C22H28O2/c1-14(23)21-9-11-22(12-10-21)19-6-3-15-13-16(24)4-5-17(15)18(19)7-8-20(21,22)2/h9,11,18-19H,3-8,10,12-13H2,1-2H3/t18-,19-,20-,21-,22?/m1/s1. The minimum atomic E-state index is -0.185. The average Bonchev–Trinajstić information content (AvgIpc) is 2.99. The first-order chi connectivity index (χ1) is 11.4. The van der Waals surface area contributed by atoms with Crippen molar-refractivity contribution in [2.24, 2.45) is 28.1 Å². The molecular weight excluding hydrogens is 296 g/mol. The molecule has 5 aliphatic carbocycles. The number of hydrogen-bond acceptors (Lipinski definition) is 2. The summed E-state index contributed by atoms with van der Waals surface area (Å²) in [5, 5.41) is 0. The summed E-state index contributed by atoms with van der Waals surface area (Å²) in [4.78, 5) is 24.5. The second-order valence-electron chi connectivity index (χ2n) is 9.37. The highest BCUT2D eigenvalue weighted by atomic mass is 16.1. The third-order valence-corrected chi connectivity index (χ3v) is 9.08. The Morgan fingerprint density at radius 3 is 2.62 bits per heavy atom. The lowest BCUT2D eigenvalue weighted by molar-refractivity contribution is -0.134. The van der Waals surface area contributed by atoms with Gasteiger partial charge in [-0.3, -0.25) is 9.59 Å². The molecule has 0 aromatic carbocycles. The number of allylic oxidation sites excluding steroid dienone is 4. The van der Waals surface area contributed by atoms with Crippen LogP contribution in [0.15, 0.2) is 23.3 Å². The van der Waals surface area contributed by atoms with Gasteiger partial charge in [0.15, 0.2) is 0 Å². The number of hydrogen-bond donors (Lipinski definition) is 0. The molecule has 0 spiro atoms. The molecule has 2 saturated carbocycles. The molecule has 0 aliphatic heterocycles. The van der Waals surface area contributed by atoms with Crippen LogP contribution in [0.3, 0.4) is 0 Å². The fourth-order valence-electron chi connectivity index (χ4n) is 7.85. The van der Waals surface area contributed by atoms with E-state index in [0.717, 1.165) is 32.1 Å². The zero-order chi connectivity index (χ0) is 16.7. The van der Waals surface area contributed by atoms with Crippen LogP contribution in [0.4, 0.5) is 0 Å². The van der Waals surface area contributed by atoms with Crippen molar-refractivity contribution in [2.75, 3.05) is 0 Å². The molecule has 5 aliphatic rings. The van der Waals surface area contributed by atoms with Crippen molar-refractivity contribution in [3.05, 3.63) is 23.3 Å². The van der Waals surface area contributed by atoms with Gasteiger partial charge in [0.25, 0.3) is 0 Å². The Kier molecular flexibility index (Phi) is 2.84. The van der Waals surface area contributed by atoms with Crippen LogP contribution in [-0.4, -0.2) is 11.6 Å². The van der Waals surface area contributed by atoms with E-state index in [9.17, 15) is 9.59 Å². The third-order valence-electron chi connectivity index (χ3n) is 9.08. The third kappa shape index (κ3) is 1.46. The number of fused-ring (bicyclic) bond motifs is 2. The van der Waals surface area contributed by atoms with Crippen LogP contribution in [0.25, 0.3) is 0 Å². The predicted molar refractivity (Wildman–Crippen MR) is 93.4 cm³/mol. The maximum absolute atomic E-state index is 12.6. The summed E-state index contributed by atoms with van der Waals surface area (Å²) >= 11 is 0. The molecule has 1 unspecified atom stereocenters. The van der Waals surface area contributed by atoms with Crippen molar-refractivity contribution >= 4 is 11.6 Å². The maximum Gasteiger partial charge on any atom is 0.140 e. The second-order valence-corrected chi connectivity index (χ2v) is 9.37. The van der Waals surface area contributed by atoms with Gasteiger partial charge in [-0.05, 0) is 74.5 Å². The molecule has 128 valence electrons. The zero-order valence-corrected chi connectivity index (χ0v) is 15.0. The van der Waals surface area contributed by atoms with E-state index in [1.54, 1.807) is 5.57 Å². The van der Waals surface area contributed by atoms with Crippen molar-refractivity contribution in [3.63, 3.8) is 0 Å². The lowest BCUT2D eigenvalue weighted by Gasteiger charge is -2.57. The van der Waals surface area contributed by atoms with E-state index in [1.165, 1.54) is 31.3 Å². The van der Waals surface area contributed by atoms with Crippen LogP contribution < -0.4 is 0 Å². The number of carbonyl (C=O) groups is 2. The molecule has 0 N–H and O–H groups in total. The van der Waals surface area contributed by atoms with Crippen molar-refractivity contribution in [1.29, 1.82) is 0 Å². The highest BCUT2D eigenvalue weighted by Gasteiger charge is 2.72. The number of carbonyl (C=O) groups excluding carboxylic acids is 2. The Labute approximate surface area is 144 Å². The molecule has 0 saturated heterocycles. The molecule has 24 heavy (non-hydrogen) atoms. The predicted octanol–water partition coefficient (Wildman–Crippen LogP) is 4.79. The highest BCUT2D eigenvalue weighted by molar-refractivity contribution is 5.87. The summed E-state index contributed by atoms with van der Waals surface area (Å²) in [6.45, 7) is 4.24. The van der Waals surface area contributed by atoms with E-state index >= 15 is 0 Å². The van der Waals surface area contributed by atoms with E-state index in [2.05, 4.69) is 19.1 Å². The second kappa shape index (κ2) is 4.51. The topological polar surface area (TPSA) is 34.1 Å². The summed E-state index contributed by atoms with van der Waals surface area (Å²) in [5.74, 6) is 2.21. The molecule has 0 heterocycles. The Morgan fingerprint density at radius 1 is 1.08 bits per heavy atom. The molecule has 0 aromatic heterocycles. The molecule has 2 bridgehead atoms. The molecule has 0 radical (unpaired) electrons. The molecule has 5 atom stereocenters. The van der Waals surface area contributed by atoms with Crippen LogP contribution in [0.5, 0.6) is 0 Å². The summed E-state index contributed by atoms with van der Waals surface area (Å²) < 4.78 is 0. The van der Waals surface area contributed by atoms with E-state index in [0.29, 0.717) is 23.4 Å². The number of Topliss-reactive ketones (excluding diaryl/α,β-unsaturated/α-hetero) is 2. The van der Waals surface area contributed by atoms with E-state index < -0.39 is 0 Å². The van der Waals surface area contributed by atoms with E-state index in [4.69, 9.17) is 0 Å². The molecular formula is C22H28O2. The maximum atomic E-state index is 12.6. The van der Waals surface area contributed by atoms with Gasteiger partial charge in [0.1, 0.15) is 11.6 Å². The number of rotatable bonds is 1. The normalized spacial score (nSPS) is 49.0. The van der Waals surface area contributed by atoms with Crippen molar-refractivity contribution < 1.29 is 9.59 Å². The lowest BCUT2D eigenvalue weighted by atomic mass is 9.46. The van der Waals surface area contributed by atoms with Crippen LogP contribution in [0.2, 0.25) is 0 Å². The largest absolute Gasteiger partial charge is 0.299 e. The van der Waals surface area contributed by atoms with Crippen LogP contribution >= 0.6 is 0 Å². The summed E-state index contributed by atoms with van der Waals surface area (Å²) in [6, 6.07) is 0. The minimum Gasteiger partial charge on any atom is -0.299 e. The fourth-order valence-corrected chi connectivity index (χ4v) is 7.85. The summed E-state index contributed by atoms with van der Waals surface area (Å²) in [6.07, 6.45) is 14.3. The van der Waals surface area contributed by atoms with E-state index in [-0.39, 0.29) is 16.2 Å². The molecule has 0 aromatic rings. The van der Waals surface area contributed by atoms with Gasteiger partial charge in [0.2, 0.25) is 0 Å². The molecule has 0 amide bonds.